The molecule has 0 radical (unpaired) electrons. The third-order valence-corrected chi connectivity index (χ3v) is 8.33. The number of nitrogens with zero attached hydrogens (tertiary/aromatic N) is 2. The molecule has 1 aromatic heterocycles. The van der Waals surface area contributed by atoms with Crippen molar-refractivity contribution in [3.63, 3.8) is 0 Å². The van der Waals surface area contributed by atoms with Crippen molar-refractivity contribution in [3.8, 4) is 11.3 Å². The highest BCUT2D eigenvalue weighted by Crippen LogP contribution is 2.37. The van der Waals surface area contributed by atoms with Crippen molar-refractivity contribution in [2.45, 2.75) is 96.9 Å². The quantitative estimate of drug-likeness (QED) is 0.186. The van der Waals surface area contributed by atoms with Crippen molar-refractivity contribution in [1.82, 2.24) is 15.2 Å². The zero-order chi connectivity index (χ0) is 34.3. The Morgan fingerprint density at radius 3 is 2.15 bits per heavy atom. The molecule has 1 aliphatic heterocycles. The number of carbonyl (C=O) groups excluding carboxylic acids is 2. The number of hydrogen-bond acceptors (Lipinski definition) is 6. The van der Waals surface area contributed by atoms with E-state index in [2.05, 4.69) is 34.6 Å². The van der Waals surface area contributed by atoms with Gasteiger partial charge in [0.15, 0.2) is 0 Å². The largest absolute Gasteiger partial charge is 0.444 e. The molecule has 0 bridgehead atoms. The first-order valence-corrected chi connectivity index (χ1v) is 16.6. The molecule has 2 heterocycles. The third-order valence-electron chi connectivity index (χ3n) is 8.33. The summed E-state index contributed by atoms with van der Waals surface area (Å²) in [6.07, 6.45) is 0.208. The zero-order valence-corrected chi connectivity index (χ0v) is 28.8. The number of aryl methyl sites for hydroxylation is 1. The second kappa shape index (κ2) is 15.0. The molecule has 3 aromatic carbocycles. The first kappa shape index (κ1) is 34.6. The van der Waals surface area contributed by atoms with E-state index in [0.717, 1.165) is 33.6 Å². The smallest absolute Gasteiger partial charge is 0.412 e. The molecule has 8 heteroatoms. The third kappa shape index (κ3) is 9.44. The average molecular weight is 650 g/mol. The van der Waals surface area contributed by atoms with Crippen molar-refractivity contribution in [2.24, 2.45) is 0 Å². The van der Waals surface area contributed by atoms with Gasteiger partial charge in [-0.2, -0.15) is 0 Å². The van der Waals surface area contributed by atoms with E-state index in [1.54, 1.807) is 4.90 Å². The molecule has 5 rings (SSSR count). The lowest BCUT2D eigenvalue weighted by Crippen LogP contribution is -2.50. The number of ether oxygens (including phenoxy) is 3. The Labute approximate surface area is 284 Å². The van der Waals surface area contributed by atoms with Crippen LogP contribution in [0.1, 0.15) is 63.4 Å². The van der Waals surface area contributed by atoms with Gasteiger partial charge in [-0.3, -0.25) is 9.88 Å². The molecule has 1 aliphatic rings. The summed E-state index contributed by atoms with van der Waals surface area (Å²) in [4.78, 5) is 33.3. The van der Waals surface area contributed by atoms with Crippen molar-refractivity contribution >= 4 is 12.2 Å². The van der Waals surface area contributed by atoms with E-state index in [9.17, 15) is 9.59 Å². The minimum atomic E-state index is -0.961. The standard InChI is InChI=1S/C40H47N3O5/c1-28-14-13-19-34(41-28)32-22-20-30(21-23-32)25-35-36(47-40(5,6)43(35)38(45)46-27-31-17-11-8-12-18-31)26-33(24-29-15-9-7-10-16-29)42-37(44)48-39(2,3)4/h7-23,33,35-36H,24-27H2,1-6H3,(H,42,44)/t33-,35-,36-/m0/s1. The molecule has 1 N–H and O–H groups in total. The molecule has 252 valence electrons. The van der Waals surface area contributed by atoms with Gasteiger partial charge in [0.25, 0.3) is 0 Å². The molecule has 2 amide bonds. The number of amides is 2. The van der Waals surface area contributed by atoms with Gasteiger partial charge >= 0.3 is 12.2 Å². The highest BCUT2D eigenvalue weighted by atomic mass is 16.6. The Hall–Kier alpha value is -4.69. The molecule has 0 saturated carbocycles. The lowest BCUT2D eigenvalue weighted by Gasteiger charge is -2.33. The van der Waals surface area contributed by atoms with Gasteiger partial charge in [-0.25, -0.2) is 9.59 Å². The maximum Gasteiger partial charge on any atom is 0.412 e. The molecule has 1 fully saturated rings. The van der Waals surface area contributed by atoms with E-state index in [0.29, 0.717) is 19.3 Å². The molecule has 0 unspecified atom stereocenters. The number of carbonyl (C=O) groups is 2. The second-order valence-corrected chi connectivity index (χ2v) is 13.9. The molecule has 0 spiro atoms. The van der Waals surface area contributed by atoms with E-state index in [4.69, 9.17) is 14.2 Å². The Balaban J connectivity index is 1.43. The minimum absolute atomic E-state index is 0.151. The van der Waals surface area contributed by atoms with E-state index in [-0.39, 0.29) is 18.7 Å². The fourth-order valence-corrected chi connectivity index (χ4v) is 6.25. The maximum atomic E-state index is 13.9. The fraction of sp³-hybridized carbons (Fsp3) is 0.375. The van der Waals surface area contributed by atoms with Crippen LogP contribution in [0.15, 0.2) is 103 Å². The van der Waals surface area contributed by atoms with Crippen LogP contribution >= 0.6 is 0 Å². The molecule has 3 atom stereocenters. The van der Waals surface area contributed by atoms with Crippen LogP contribution in [-0.2, 0) is 33.7 Å². The first-order chi connectivity index (χ1) is 22.9. The molecule has 4 aromatic rings. The predicted octanol–water partition coefficient (Wildman–Crippen LogP) is 8.27. The monoisotopic (exact) mass is 649 g/mol. The van der Waals surface area contributed by atoms with Gasteiger partial charge in [0.05, 0.1) is 17.8 Å². The summed E-state index contributed by atoms with van der Waals surface area (Å²) < 4.78 is 18.2. The van der Waals surface area contributed by atoms with Crippen molar-refractivity contribution < 1.29 is 23.8 Å². The molecular formula is C40H47N3O5. The number of rotatable bonds is 10. The maximum absolute atomic E-state index is 13.9. The first-order valence-electron chi connectivity index (χ1n) is 16.6. The Morgan fingerprint density at radius 2 is 1.52 bits per heavy atom. The summed E-state index contributed by atoms with van der Waals surface area (Å²) >= 11 is 0. The van der Waals surface area contributed by atoms with Crippen LogP contribution in [0.3, 0.4) is 0 Å². The summed E-state index contributed by atoms with van der Waals surface area (Å²) in [6, 6.07) is 33.2. The molecule has 48 heavy (non-hydrogen) atoms. The van der Waals surface area contributed by atoms with Gasteiger partial charge in [0, 0.05) is 17.3 Å². The summed E-state index contributed by atoms with van der Waals surface area (Å²) in [5.74, 6) is 0. The van der Waals surface area contributed by atoms with Gasteiger partial charge in [-0.05, 0) is 89.6 Å². The number of benzene rings is 3. The summed E-state index contributed by atoms with van der Waals surface area (Å²) in [5, 5.41) is 3.10. The van der Waals surface area contributed by atoms with E-state index < -0.39 is 29.6 Å². The van der Waals surface area contributed by atoms with Crippen molar-refractivity contribution in [2.75, 3.05) is 0 Å². The van der Waals surface area contributed by atoms with Crippen LogP contribution in [-0.4, -0.2) is 51.6 Å². The van der Waals surface area contributed by atoms with Crippen LogP contribution < -0.4 is 5.32 Å². The average Bonchev–Trinajstić information content (AvgIpc) is 3.28. The molecule has 8 nitrogen and oxygen atoms in total. The van der Waals surface area contributed by atoms with E-state index in [1.807, 2.05) is 120 Å². The number of pyridine rings is 1. The lowest BCUT2D eigenvalue weighted by atomic mass is 9.93. The number of aromatic nitrogens is 1. The Kier molecular flexibility index (Phi) is 10.8. The van der Waals surface area contributed by atoms with E-state index in [1.165, 1.54) is 0 Å². The van der Waals surface area contributed by atoms with Crippen LogP contribution in [0.2, 0.25) is 0 Å². The Morgan fingerprint density at radius 1 is 0.875 bits per heavy atom. The SMILES string of the molecule is Cc1cccc(-c2ccc(C[C@H]3[C@H](C[C@H](Cc4ccccc4)NC(=O)OC(C)(C)C)OC(C)(C)N3C(=O)OCc3ccccc3)cc2)n1. The van der Waals surface area contributed by atoms with Crippen LogP contribution in [0.5, 0.6) is 0 Å². The van der Waals surface area contributed by atoms with Crippen LogP contribution in [0, 0.1) is 6.92 Å². The number of alkyl carbamates (subject to hydrolysis) is 1. The highest BCUT2D eigenvalue weighted by Gasteiger charge is 2.51. The summed E-state index contributed by atoms with van der Waals surface area (Å²) in [7, 11) is 0. The van der Waals surface area contributed by atoms with Crippen molar-refractivity contribution in [3.05, 3.63) is 126 Å². The topological polar surface area (TPSA) is 90.0 Å². The van der Waals surface area contributed by atoms with Crippen LogP contribution in [0.25, 0.3) is 11.3 Å². The number of hydrogen-bond donors (Lipinski definition) is 1. The van der Waals surface area contributed by atoms with Gasteiger partial charge in [0.1, 0.15) is 17.9 Å². The van der Waals surface area contributed by atoms with Crippen molar-refractivity contribution in [1.29, 1.82) is 0 Å². The molecular weight excluding hydrogens is 602 g/mol. The minimum Gasteiger partial charge on any atom is -0.444 e. The fourth-order valence-electron chi connectivity index (χ4n) is 6.25. The highest BCUT2D eigenvalue weighted by molar-refractivity contribution is 5.70. The predicted molar refractivity (Wildman–Crippen MR) is 187 cm³/mol. The number of nitrogens with one attached hydrogen (secondary N) is 1. The normalized spacial score (nSPS) is 17.8. The van der Waals surface area contributed by atoms with Gasteiger partial charge < -0.3 is 19.5 Å². The van der Waals surface area contributed by atoms with Gasteiger partial charge in [0.2, 0.25) is 0 Å². The summed E-state index contributed by atoms with van der Waals surface area (Å²) in [6.45, 7) is 11.4. The summed E-state index contributed by atoms with van der Waals surface area (Å²) in [5.41, 5.74) is 4.31. The van der Waals surface area contributed by atoms with Gasteiger partial charge in [-0.15, -0.1) is 0 Å². The second-order valence-electron chi connectivity index (χ2n) is 13.9. The Bertz CT molecular complexity index is 1650. The van der Waals surface area contributed by atoms with Gasteiger partial charge in [-0.1, -0.05) is 91.0 Å². The van der Waals surface area contributed by atoms with Crippen LogP contribution in [0.4, 0.5) is 9.59 Å². The van der Waals surface area contributed by atoms with E-state index >= 15 is 0 Å². The molecule has 1 saturated heterocycles. The molecule has 0 aliphatic carbocycles. The lowest BCUT2D eigenvalue weighted by molar-refractivity contribution is -0.0735. The zero-order valence-electron chi connectivity index (χ0n) is 28.8.